The van der Waals surface area contributed by atoms with Crippen molar-refractivity contribution in [1.29, 1.82) is 0 Å². The predicted molar refractivity (Wildman–Crippen MR) is 110 cm³/mol. The van der Waals surface area contributed by atoms with E-state index >= 15 is 0 Å². The summed E-state index contributed by atoms with van der Waals surface area (Å²) in [5.74, 6) is 0.162. The molecule has 2 fully saturated rings. The van der Waals surface area contributed by atoms with Crippen LogP contribution in [0.15, 0.2) is 30.3 Å². The standard InChI is InChI=1S/C21H29NO4.C2H6/c1-25-20(23)19(14-16-8-4-2-5-9-16)22(18-12-13-18)21(24)26-15-17-10-6-3-7-11-17;1-2/h3,6-7,10-11,16,18-19H,2,4-5,8-9,12-15H2,1H3;1-2H3/t19-;/m0./s1. The molecule has 1 atom stereocenters. The van der Waals surface area contributed by atoms with Crippen molar-refractivity contribution >= 4 is 12.1 Å². The van der Waals surface area contributed by atoms with Crippen LogP contribution < -0.4 is 0 Å². The van der Waals surface area contributed by atoms with Gasteiger partial charge in [-0.1, -0.05) is 76.3 Å². The highest BCUT2D eigenvalue weighted by Gasteiger charge is 2.43. The van der Waals surface area contributed by atoms with Crippen molar-refractivity contribution in [3.8, 4) is 0 Å². The Bertz CT molecular complexity index is 594. The Balaban J connectivity index is 0.00000136. The van der Waals surface area contributed by atoms with Crippen molar-refractivity contribution in [3.05, 3.63) is 35.9 Å². The number of hydrogen-bond donors (Lipinski definition) is 0. The van der Waals surface area contributed by atoms with E-state index in [-0.39, 0.29) is 18.6 Å². The zero-order valence-corrected chi connectivity index (χ0v) is 17.6. The number of methoxy groups -OCH3 is 1. The number of carbonyl (C=O) groups is 2. The van der Waals surface area contributed by atoms with Gasteiger partial charge in [-0.25, -0.2) is 9.59 Å². The molecule has 0 saturated heterocycles. The van der Waals surface area contributed by atoms with Crippen molar-refractivity contribution < 1.29 is 19.1 Å². The average Bonchev–Trinajstić information content (AvgIpc) is 3.59. The molecule has 0 aromatic heterocycles. The molecule has 0 spiro atoms. The minimum atomic E-state index is -0.529. The minimum absolute atomic E-state index is 0.103. The summed E-state index contributed by atoms with van der Waals surface area (Å²) in [6, 6.07) is 9.19. The number of hydrogen-bond acceptors (Lipinski definition) is 4. The maximum absolute atomic E-state index is 12.8. The van der Waals surface area contributed by atoms with Crippen molar-refractivity contribution in [2.75, 3.05) is 7.11 Å². The Morgan fingerprint density at radius 3 is 2.25 bits per heavy atom. The fraction of sp³-hybridized carbons (Fsp3) is 0.652. The van der Waals surface area contributed by atoms with Gasteiger partial charge in [0, 0.05) is 6.04 Å². The van der Waals surface area contributed by atoms with E-state index in [1.807, 2.05) is 44.2 Å². The summed E-state index contributed by atoms with van der Waals surface area (Å²) < 4.78 is 10.6. The first-order valence-corrected chi connectivity index (χ1v) is 10.8. The molecule has 1 aromatic rings. The van der Waals surface area contributed by atoms with Crippen LogP contribution in [0.3, 0.4) is 0 Å². The molecule has 1 amide bonds. The number of ether oxygens (including phenoxy) is 2. The monoisotopic (exact) mass is 389 g/mol. The van der Waals surface area contributed by atoms with Crippen LogP contribution in [0.25, 0.3) is 0 Å². The van der Waals surface area contributed by atoms with Gasteiger partial charge in [0.05, 0.1) is 7.11 Å². The summed E-state index contributed by atoms with van der Waals surface area (Å²) in [6.45, 7) is 4.22. The zero-order chi connectivity index (χ0) is 20.4. The van der Waals surface area contributed by atoms with Crippen LogP contribution in [-0.4, -0.2) is 36.2 Å². The largest absolute Gasteiger partial charge is 0.467 e. The lowest BCUT2D eigenvalue weighted by molar-refractivity contribution is -0.147. The lowest BCUT2D eigenvalue weighted by Crippen LogP contribution is -2.48. The molecule has 2 aliphatic carbocycles. The molecule has 1 aromatic carbocycles. The maximum Gasteiger partial charge on any atom is 0.411 e. The fourth-order valence-corrected chi connectivity index (χ4v) is 3.88. The molecular weight excluding hydrogens is 354 g/mol. The topological polar surface area (TPSA) is 55.8 Å². The summed E-state index contributed by atoms with van der Waals surface area (Å²) in [5, 5.41) is 0. The van der Waals surface area contributed by atoms with E-state index in [0.29, 0.717) is 12.3 Å². The summed E-state index contributed by atoms with van der Waals surface area (Å²) >= 11 is 0. The molecule has 2 saturated carbocycles. The highest BCUT2D eigenvalue weighted by atomic mass is 16.6. The van der Waals surface area contributed by atoms with Gasteiger partial charge < -0.3 is 9.47 Å². The van der Waals surface area contributed by atoms with Gasteiger partial charge in [0.1, 0.15) is 12.6 Å². The van der Waals surface area contributed by atoms with Gasteiger partial charge in [-0.3, -0.25) is 4.90 Å². The lowest BCUT2D eigenvalue weighted by atomic mass is 9.84. The number of benzene rings is 1. The highest BCUT2D eigenvalue weighted by Crippen LogP contribution is 2.34. The quantitative estimate of drug-likeness (QED) is 0.592. The Hall–Kier alpha value is -2.04. The van der Waals surface area contributed by atoms with Gasteiger partial charge in [-0.2, -0.15) is 0 Å². The molecule has 0 radical (unpaired) electrons. The number of amides is 1. The zero-order valence-electron chi connectivity index (χ0n) is 17.6. The van der Waals surface area contributed by atoms with Crippen LogP contribution in [0.2, 0.25) is 0 Å². The summed E-state index contributed by atoms with van der Waals surface area (Å²) in [7, 11) is 1.40. The van der Waals surface area contributed by atoms with E-state index < -0.39 is 12.1 Å². The fourth-order valence-electron chi connectivity index (χ4n) is 3.88. The van der Waals surface area contributed by atoms with Gasteiger partial charge >= 0.3 is 12.1 Å². The van der Waals surface area contributed by atoms with Crippen molar-refractivity contribution in [2.45, 2.75) is 83.9 Å². The van der Waals surface area contributed by atoms with Gasteiger partial charge in [0.15, 0.2) is 0 Å². The first kappa shape index (κ1) is 22.3. The van der Waals surface area contributed by atoms with Gasteiger partial charge in [0.2, 0.25) is 0 Å². The Morgan fingerprint density at radius 2 is 1.68 bits per heavy atom. The number of carbonyl (C=O) groups excluding carboxylic acids is 2. The molecule has 0 N–H and O–H groups in total. The maximum atomic E-state index is 12.8. The third-order valence-corrected chi connectivity index (χ3v) is 5.45. The van der Waals surface area contributed by atoms with E-state index in [2.05, 4.69) is 0 Å². The van der Waals surface area contributed by atoms with Crippen LogP contribution in [0.5, 0.6) is 0 Å². The molecule has 5 heteroatoms. The Kier molecular flexibility index (Phi) is 9.32. The second kappa shape index (κ2) is 11.7. The van der Waals surface area contributed by atoms with Gasteiger partial charge in [-0.15, -0.1) is 0 Å². The van der Waals surface area contributed by atoms with Gasteiger partial charge in [0.25, 0.3) is 0 Å². The first-order valence-electron chi connectivity index (χ1n) is 10.8. The normalized spacial score (nSPS) is 17.7. The molecule has 0 aliphatic heterocycles. The molecule has 0 heterocycles. The second-order valence-corrected chi connectivity index (χ2v) is 7.46. The van der Waals surface area contributed by atoms with E-state index in [1.54, 1.807) is 4.90 Å². The van der Waals surface area contributed by atoms with Crippen LogP contribution in [0.4, 0.5) is 4.79 Å². The molecule has 0 bridgehead atoms. The SMILES string of the molecule is CC.COC(=O)[C@H](CC1CCCCC1)N(C(=O)OCc1ccccc1)C1CC1. The summed E-state index contributed by atoms with van der Waals surface area (Å²) in [5.41, 5.74) is 0.943. The van der Waals surface area contributed by atoms with Crippen molar-refractivity contribution in [1.82, 2.24) is 4.90 Å². The van der Waals surface area contributed by atoms with E-state index in [0.717, 1.165) is 31.2 Å². The molecule has 3 rings (SSSR count). The third-order valence-electron chi connectivity index (χ3n) is 5.45. The number of rotatable bonds is 7. The first-order chi connectivity index (χ1) is 13.7. The molecule has 0 unspecified atom stereocenters. The van der Waals surface area contributed by atoms with Crippen LogP contribution in [-0.2, 0) is 20.9 Å². The van der Waals surface area contributed by atoms with Gasteiger partial charge in [-0.05, 0) is 30.7 Å². The summed E-state index contributed by atoms with van der Waals surface area (Å²) in [4.78, 5) is 26.9. The van der Waals surface area contributed by atoms with Crippen LogP contribution >= 0.6 is 0 Å². The Labute approximate surface area is 169 Å². The molecule has 2 aliphatic rings. The lowest BCUT2D eigenvalue weighted by Gasteiger charge is -2.33. The van der Waals surface area contributed by atoms with Crippen LogP contribution in [0.1, 0.15) is 70.8 Å². The third kappa shape index (κ3) is 6.54. The number of nitrogens with zero attached hydrogens (tertiary/aromatic N) is 1. The minimum Gasteiger partial charge on any atom is -0.467 e. The summed E-state index contributed by atoms with van der Waals surface area (Å²) in [6.07, 6.45) is 8.09. The average molecular weight is 390 g/mol. The molecule has 156 valence electrons. The van der Waals surface area contributed by atoms with Crippen molar-refractivity contribution in [2.24, 2.45) is 5.92 Å². The number of esters is 1. The van der Waals surface area contributed by atoms with Crippen molar-refractivity contribution in [3.63, 3.8) is 0 Å². The second-order valence-electron chi connectivity index (χ2n) is 7.46. The molecule has 5 nitrogen and oxygen atoms in total. The highest BCUT2D eigenvalue weighted by molar-refractivity contribution is 5.81. The smallest absolute Gasteiger partial charge is 0.411 e. The Morgan fingerprint density at radius 1 is 1.04 bits per heavy atom. The molecular formula is C23H35NO4. The van der Waals surface area contributed by atoms with Crippen LogP contribution in [0, 0.1) is 5.92 Å². The van der Waals surface area contributed by atoms with E-state index in [1.165, 1.54) is 26.4 Å². The predicted octanol–water partition coefficient (Wildman–Crippen LogP) is 5.33. The van der Waals surface area contributed by atoms with E-state index in [4.69, 9.17) is 9.47 Å². The molecule has 28 heavy (non-hydrogen) atoms. The van der Waals surface area contributed by atoms with E-state index in [9.17, 15) is 9.59 Å².